The first-order chi connectivity index (χ1) is 10.3. The van der Waals surface area contributed by atoms with E-state index in [1.54, 1.807) is 6.07 Å². The van der Waals surface area contributed by atoms with Crippen molar-refractivity contribution in [2.75, 3.05) is 19.6 Å². The smallest absolute Gasteiger partial charge is 0.269 e. The molecule has 0 fully saturated rings. The summed E-state index contributed by atoms with van der Waals surface area (Å²) in [7, 11) is 0. The molecule has 3 rings (SSSR count). The Morgan fingerprint density at radius 1 is 1.27 bits per heavy atom. The van der Waals surface area contributed by atoms with Crippen molar-refractivity contribution in [2.24, 2.45) is 0 Å². The lowest BCUT2D eigenvalue weighted by atomic mass is 10.1. The third-order valence-corrected chi connectivity index (χ3v) is 3.53. The Balaban J connectivity index is 0.00000176. The van der Waals surface area contributed by atoms with Gasteiger partial charge in [-0.2, -0.15) is 5.10 Å². The third-order valence-electron chi connectivity index (χ3n) is 3.53. The lowest BCUT2D eigenvalue weighted by Gasteiger charge is -2.14. The molecule has 3 N–H and O–H groups in total. The molecule has 22 heavy (non-hydrogen) atoms. The normalized spacial score (nSPS) is 13.9. The van der Waals surface area contributed by atoms with Crippen LogP contribution in [-0.2, 0) is 0 Å². The molecule has 2 heterocycles. The van der Waals surface area contributed by atoms with Gasteiger partial charge in [-0.25, -0.2) is 0 Å². The number of nitrogens with zero attached hydrogens (tertiary/aromatic N) is 1. The summed E-state index contributed by atoms with van der Waals surface area (Å²) in [5.74, 6) is -0.121. The van der Waals surface area contributed by atoms with E-state index in [0.29, 0.717) is 12.2 Å². The number of rotatable bonds is 4. The monoisotopic (exact) mass is 318 g/mol. The summed E-state index contributed by atoms with van der Waals surface area (Å²) in [5.41, 5.74) is 3.53. The topological polar surface area (TPSA) is 69.8 Å². The van der Waals surface area contributed by atoms with E-state index in [4.69, 9.17) is 0 Å². The van der Waals surface area contributed by atoms with E-state index >= 15 is 0 Å². The summed E-state index contributed by atoms with van der Waals surface area (Å²) in [5, 5.41) is 13.2. The molecule has 0 saturated carbocycles. The minimum absolute atomic E-state index is 0. The van der Waals surface area contributed by atoms with Gasteiger partial charge in [0.15, 0.2) is 0 Å². The SMILES string of the molecule is Cl.O=C(NCC1=CCNCC1)c1cc(-c2ccccc2)n[nH]1. The molecule has 5 nitrogen and oxygen atoms in total. The van der Waals surface area contributed by atoms with Gasteiger partial charge >= 0.3 is 0 Å². The van der Waals surface area contributed by atoms with Crippen molar-refractivity contribution < 1.29 is 4.79 Å². The number of amides is 1. The molecule has 1 aliphatic rings. The van der Waals surface area contributed by atoms with Crippen LogP contribution in [0.1, 0.15) is 16.9 Å². The van der Waals surface area contributed by atoms with Crippen molar-refractivity contribution >= 4 is 18.3 Å². The molecule has 0 bridgehead atoms. The molecule has 0 spiro atoms. The van der Waals surface area contributed by atoms with Crippen LogP contribution in [0, 0.1) is 0 Å². The molecule has 0 radical (unpaired) electrons. The standard InChI is InChI=1S/C16H18N4O.ClH/c21-16(18-11-12-6-8-17-9-7-12)15-10-14(19-20-15)13-4-2-1-3-5-13;/h1-6,10,17H,7-9,11H2,(H,18,21)(H,19,20);1H. The second-order valence-electron chi connectivity index (χ2n) is 5.03. The van der Waals surface area contributed by atoms with E-state index in [1.165, 1.54) is 5.57 Å². The van der Waals surface area contributed by atoms with E-state index in [9.17, 15) is 4.79 Å². The predicted molar refractivity (Wildman–Crippen MR) is 89.2 cm³/mol. The van der Waals surface area contributed by atoms with Crippen molar-refractivity contribution in [1.29, 1.82) is 0 Å². The fourth-order valence-electron chi connectivity index (χ4n) is 2.31. The molecular weight excluding hydrogens is 300 g/mol. The molecule has 1 aliphatic heterocycles. The summed E-state index contributed by atoms with van der Waals surface area (Å²) in [6.45, 7) is 2.46. The molecule has 0 atom stereocenters. The van der Waals surface area contributed by atoms with Crippen LogP contribution in [0.25, 0.3) is 11.3 Å². The molecule has 1 aromatic heterocycles. The lowest BCUT2D eigenvalue weighted by molar-refractivity contribution is 0.0951. The van der Waals surface area contributed by atoms with Crippen LogP contribution in [0.4, 0.5) is 0 Å². The summed E-state index contributed by atoms with van der Waals surface area (Å²) in [6, 6.07) is 11.6. The number of aromatic amines is 1. The minimum atomic E-state index is -0.121. The summed E-state index contributed by atoms with van der Waals surface area (Å²) < 4.78 is 0. The Bertz CT molecular complexity index is 651. The Hall–Kier alpha value is -2.11. The van der Waals surface area contributed by atoms with E-state index in [-0.39, 0.29) is 18.3 Å². The number of H-pyrrole nitrogens is 1. The number of halogens is 1. The highest BCUT2D eigenvalue weighted by Gasteiger charge is 2.11. The molecule has 1 aromatic carbocycles. The zero-order valence-electron chi connectivity index (χ0n) is 12.1. The zero-order chi connectivity index (χ0) is 14.5. The van der Waals surface area contributed by atoms with E-state index < -0.39 is 0 Å². The highest BCUT2D eigenvalue weighted by atomic mass is 35.5. The second-order valence-corrected chi connectivity index (χ2v) is 5.03. The van der Waals surface area contributed by atoms with Crippen LogP contribution >= 0.6 is 12.4 Å². The molecular formula is C16H19ClN4O. The summed E-state index contributed by atoms with van der Waals surface area (Å²) >= 11 is 0. The number of aromatic nitrogens is 2. The average Bonchev–Trinajstić information content (AvgIpc) is 3.04. The van der Waals surface area contributed by atoms with Crippen molar-refractivity contribution in [3.8, 4) is 11.3 Å². The van der Waals surface area contributed by atoms with Gasteiger partial charge in [0.1, 0.15) is 5.69 Å². The quantitative estimate of drug-likeness (QED) is 0.757. The lowest BCUT2D eigenvalue weighted by Crippen LogP contribution is -2.29. The van der Waals surface area contributed by atoms with E-state index in [0.717, 1.165) is 30.8 Å². The van der Waals surface area contributed by atoms with Gasteiger partial charge in [-0.15, -0.1) is 12.4 Å². The number of carbonyl (C=O) groups is 1. The van der Waals surface area contributed by atoms with Crippen molar-refractivity contribution in [1.82, 2.24) is 20.8 Å². The maximum absolute atomic E-state index is 12.1. The molecule has 116 valence electrons. The van der Waals surface area contributed by atoms with E-state index in [1.807, 2.05) is 30.3 Å². The molecule has 0 aliphatic carbocycles. The summed E-state index contributed by atoms with van der Waals surface area (Å²) in [6.07, 6.45) is 3.12. The van der Waals surface area contributed by atoms with Gasteiger partial charge in [0.25, 0.3) is 5.91 Å². The second kappa shape index (κ2) is 7.77. The van der Waals surface area contributed by atoms with Gasteiger partial charge in [-0.1, -0.05) is 42.0 Å². The third kappa shape index (κ3) is 3.96. The number of nitrogens with one attached hydrogen (secondary N) is 3. The first-order valence-electron chi connectivity index (χ1n) is 7.10. The first kappa shape index (κ1) is 16.3. The Morgan fingerprint density at radius 3 is 2.82 bits per heavy atom. The fraction of sp³-hybridized carbons (Fsp3) is 0.250. The molecule has 0 unspecified atom stereocenters. The van der Waals surface area contributed by atoms with Gasteiger partial charge < -0.3 is 10.6 Å². The van der Waals surface area contributed by atoms with Crippen LogP contribution in [-0.4, -0.2) is 35.7 Å². The van der Waals surface area contributed by atoms with Crippen LogP contribution in [0.5, 0.6) is 0 Å². The van der Waals surface area contributed by atoms with Gasteiger partial charge in [0, 0.05) is 18.7 Å². The minimum Gasteiger partial charge on any atom is -0.347 e. The summed E-state index contributed by atoms with van der Waals surface area (Å²) in [4.78, 5) is 12.1. The van der Waals surface area contributed by atoms with Gasteiger partial charge in [-0.3, -0.25) is 9.89 Å². The van der Waals surface area contributed by atoms with E-state index in [2.05, 4.69) is 26.9 Å². The fourth-order valence-corrected chi connectivity index (χ4v) is 2.31. The van der Waals surface area contributed by atoms with Crippen LogP contribution in [0.15, 0.2) is 48.0 Å². The highest BCUT2D eigenvalue weighted by molar-refractivity contribution is 5.93. The number of benzene rings is 1. The predicted octanol–water partition coefficient (Wildman–Crippen LogP) is 2.15. The zero-order valence-corrected chi connectivity index (χ0v) is 13.0. The van der Waals surface area contributed by atoms with Gasteiger partial charge in [-0.05, 0) is 19.0 Å². The average molecular weight is 319 g/mol. The van der Waals surface area contributed by atoms with Crippen LogP contribution < -0.4 is 10.6 Å². The number of hydrogen-bond donors (Lipinski definition) is 3. The number of carbonyl (C=O) groups excluding carboxylic acids is 1. The van der Waals surface area contributed by atoms with Gasteiger partial charge in [0.05, 0.1) is 5.69 Å². The molecule has 1 amide bonds. The van der Waals surface area contributed by atoms with Crippen molar-refractivity contribution in [2.45, 2.75) is 6.42 Å². The molecule has 2 aromatic rings. The van der Waals surface area contributed by atoms with Crippen molar-refractivity contribution in [3.63, 3.8) is 0 Å². The maximum atomic E-state index is 12.1. The highest BCUT2D eigenvalue weighted by Crippen LogP contribution is 2.16. The maximum Gasteiger partial charge on any atom is 0.269 e. The van der Waals surface area contributed by atoms with Crippen LogP contribution in [0.3, 0.4) is 0 Å². The van der Waals surface area contributed by atoms with Crippen molar-refractivity contribution in [3.05, 3.63) is 53.7 Å². The number of hydrogen-bond acceptors (Lipinski definition) is 3. The first-order valence-corrected chi connectivity index (χ1v) is 7.10. The van der Waals surface area contributed by atoms with Gasteiger partial charge in [0.2, 0.25) is 0 Å². The largest absolute Gasteiger partial charge is 0.347 e. The van der Waals surface area contributed by atoms with Crippen LogP contribution in [0.2, 0.25) is 0 Å². The Morgan fingerprint density at radius 2 is 2.09 bits per heavy atom. The Kier molecular flexibility index (Phi) is 5.75. The Labute approximate surface area is 135 Å². The molecule has 0 saturated heterocycles. The molecule has 6 heteroatoms.